The van der Waals surface area contributed by atoms with Gasteiger partial charge in [-0.1, -0.05) is 36.9 Å². The number of benzene rings is 2. The number of piperidine rings is 1. The number of halogens is 2. The summed E-state index contributed by atoms with van der Waals surface area (Å²) >= 11 is 0. The van der Waals surface area contributed by atoms with Gasteiger partial charge >= 0.3 is 0 Å². The molecule has 1 aliphatic rings. The van der Waals surface area contributed by atoms with E-state index >= 15 is 0 Å². The number of likely N-dealkylation sites (tertiary alicyclic amines) is 1. The molecular weight excluding hydrogens is 351 g/mol. The average Bonchev–Trinajstić information content (AvgIpc) is 2.61. The maximum absolute atomic E-state index is 13.9. The summed E-state index contributed by atoms with van der Waals surface area (Å²) in [5, 5.41) is 1.14. The van der Waals surface area contributed by atoms with Gasteiger partial charge in [-0.3, -0.25) is 0 Å². The first kappa shape index (κ1) is 19.0. The second-order valence-corrected chi connectivity index (χ2v) is 7.49. The SMILES string of the molecule is C=C(C)N1CCC(c2ccc(P)cc2)C(OCc2ccc(F)cc2F)C1. The minimum Gasteiger partial charge on any atom is -0.373 e. The van der Waals surface area contributed by atoms with Crippen molar-refractivity contribution in [1.29, 1.82) is 0 Å². The lowest BCUT2D eigenvalue weighted by atomic mass is 9.86. The van der Waals surface area contributed by atoms with Crippen LogP contribution in [0.3, 0.4) is 0 Å². The molecule has 3 rings (SSSR count). The van der Waals surface area contributed by atoms with Crippen molar-refractivity contribution in [3.8, 4) is 0 Å². The lowest BCUT2D eigenvalue weighted by Crippen LogP contribution is -2.43. The van der Waals surface area contributed by atoms with E-state index in [1.54, 1.807) is 0 Å². The fraction of sp³-hybridized carbons (Fsp3) is 0.333. The molecule has 1 aliphatic heterocycles. The van der Waals surface area contributed by atoms with Crippen LogP contribution in [0.25, 0.3) is 0 Å². The summed E-state index contributed by atoms with van der Waals surface area (Å²) in [5.41, 5.74) is 2.60. The summed E-state index contributed by atoms with van der Waals surface area (Å²) in [6.45, 7) is 7.78. The molecule has 0 aromatic heterocycles. The van der Waals surface area contributed by atoms with E-state index in [2.05, 4.69) is 45.0 Å². The van der Waals surface area contributed by atoms with Crippen molar-refractivity contribution in [1.82, 2.24) is 4.90 Å². The molecule has 1 heterocycles. The summed E-state index contributed by atoms with van der Waals surface area (Å²) in [6, 6.07) is 12.0. The Kier molecular flexibility index (Phi) is 6.05. The van der Waals surface area contributed by atoms with Crippen LogP contribution in [0.5, 0.6) is 0 Å². The summed E-state index contributed by atoms with van der Waals surface area (Å²) in [5.74, 6) is -0.908. The van der Waals surface area contributed by atoms with Gasteiger partial charge in [0.05, 0.1) is 12.7 Å². The maximum atomic E-state index is 13.9. The van der Waals surface area contributed by atoms with Gasteiger partial charge in [-0.2, -0.15) is 0 Å². The maximum Gasteiger partial charge on any atom is 0.131 e. The van der Waals surface area contributed by atoms with Crippen LogP contribution in [0.1, 0.15) is 30.4 Å². The van der Waals surface area contributed by atoms with Gasteiger partial charge in [-0.15, -0.1) is 9.24 Å². The second-order valence-electron chi connectivity index (χ2n) is 6.83. The standard InChI is InChI=1S/C21H24F2NOP/c1-14(2)24-10-9-19(15-4-7-18(26)8-5-15)21(12-24)25-13-16-3-6-17(22)11-20(16)23/h3-8,11,19,21H,1,9-10,12-13,26H2,2H3. The van der Waals surface area contributed by atoms with Gasteiger partial charge in [0.2, 0.25) is 0 Å². The number of hydrogen-bond acceptors (Lipinski definition) is 2. The molecule has 0 bridgehead atoms. The lowest BCUT2D eigenvalue weighted by molar-refractivity contribution is -0.0172. The minimum atomic E-state index is -0.576. The molecular formula is C21H24F2NOP. The topological polar surface area (TPSA) is 12.5 Å². The Morgan fingerprint density at radius 2 is 1.96 bits per heavy atom. The Hall–Kier alpha value is -1.77. The number of hydrogen-bond donors (Lipinski definition) is 0. The first-order chi connectivity index (χ1) is 12.4. The summed E-state index contributed by atoms with van der Waals surface area (Å²) in [4.78, 5) is 2.20. The summed E-state index contributed by atoms with van der Waals surface area (Å²) in [6.07, 6.45) is 0.861. The molecule has 2 aromatic rings. The van der Waals surface area contributed by atoms with Crippen molar-refractivity contribution < 1.29 is 13.5 Å². The largest absolute Gasteiger partial charge is 0.373 e. The second kappa shape index (κ2) is 8.28. The molecule has 0 amide bonds. The van der Waals surface area contributed by atoms with Gasteiger partial charge in [0, 0.05) is 36.3 Å². The Labute approximate surface area is 156 Å². The summed E-state index contributed by atoms with van der Waals surface area (Å²) in [7, 11) is 2.69. The van der Waals surface area contributed by atoms with Crippen molar-refractivity contribution in [2.45, 2.75) is 32.0 Å². The van der Waals surface area contributed by atoms with Crippen LogP contribution in [0.15, 0.2) is 54.7 Å². The highest BCUT2D eigenvalue weighted by Gasteiger charge is 2.31. The molecule has 5 heteroatoms. The van der Waals surface area contributed by atoms with Gasteiger partial charge in [0.1, 0.15) is 11.6 Å². The highest BCUT2D eigenvalue weighted by molar-refractivity contribution is 7.27. The number of nitrogens with zero attached hydrogens (tertiary/aromatic N) is 1. The van der Waals surface area contributed by atoms with Crippen molar-refractivity contribution in [2.75, 3.05) is 13.1 Å². The highest BCUT2D eigenvalue weighted by atomic mass is 31.0. The molecule has 26 heavy (non-hydrogen) atoms. The lowest BCUT2D eigenvalue weighted by Gasteiger charge is -2.40. The molecule has 2 aromatic carbocycles. The van der Waals surface area contributed by atoms with Crippen molar-refractivity contribution in [3.05, 3.63) is 77.5 Å². The molecule has 1 fully saturated rings. The van der Waals surface area contributed by atoms with Crippen molar-refractivity contribution >= 4 is 14.5 Å². The van der Waals surface area contributed by atoms with E-state index in [0.717, 1.165) is 30.0 Å². The summed E-state index contributed by atoms with van der Waals surface area (Å²) < 4.78 is 33.1. The van der Waals surface area contributed by atoms with E-state index in [4.69, 9.17) is 4.74 Å². The van der Waals surface area contributed by atoms with Gasteiger partial charge in [-0.25, -0.2) is 8.78 Å². The smallest absolute Gasteiger partial charge is 0.131 e. The van der Waals surface area contributed by atoms with Crippen LogP contribution in [0.2, 0.25) is 0 Å². The molecule has 0 aliphatic carbocycles. The Balaban J connectivity index is 1.77. The van der Waals surface area contributed by atoms with Gasteiger partial charge in [-0.05, 0) is 30.3 Å². The van der Waals surface area contributed by atoms with E-state index < -0.39 is 11.6 Å². The van der Waals surface area contributed by atoms with E-state index in [-0.39, 0.29) is 18.6 Å². The van der Waals surface area contributed by atoms with Crippen LogP contribution in [-0.2, 0) is 11.3 Å². The van der Waals surface area contributed by atoms with Crippen molar-refractivity contribution in [3.63, 3.8) is 0 Å². The Morgan fingerprint density at radius 3 is 2.62 bits per heavy atom. The molecule has 0 saturated carbocycles. The average molecular weight is 375 g/mol. The number of ether oxygens (including phenoxy) is 1. The highest BCUT2D eigenvalue weighted by Crippen LogP contribution is 2.32. The third kappa shape index (κ3) is 4.49. The predicted octanol–water partition coefficient (Wildman–Crippen LogP) is 4.37. The molecule has 3 unspecified atom stereocenters. The van der Waals surface area contributed by atoms with Crippen LogP contribution in [-0.4, -0.2) is 24.1 Å². The minimum absolute atomic E-state index is 0.0831. The number of rotatable bonds is 5. The zero-order valence-corrected chi connectivity index (χ0v) is 16.1. The fourth-order valence-electron chi connectivity index (χ4n) is 3.39. The molecule has 0 N–H and O–H groups in total. The molecule has 0 spiro atoms. The fourth-order valence-corrected chi connectivity index (χ4v) is 3.58. The van der Waals surface area contributed by atoms with E-state index in [1.165, 1.54) is 17.7 Å². The van der Waals surface area contributed by atoms with Crippen LogP contribution in [0, 0.1) is 11.6 Å². The molecule has 138 valence electrons. The van der Waals surface area contributed by atoms with Gasteiger partial charge in [0.25, 0.3) is 0 Å². The zero-order valence-electron chi connectivity index (χ0n) is 14.9. The zero-order chi connectivity index (χ0) is 18.7. The Bertz CT molecular complexity index is 778. The van der Waals surface area contributed by atoms with E-state index in [9.17, 15) is 8.78 Å². The Morgan fingerprint density at radius 1 is 1.23 bits per heavy atom. The van der Waals surface area contributed by atoms with Gasteiger partial charge in [0.15, 0.2) is 0 Å². The van der Waals surface area contributed by atoms with Crippen LogP contribution >= 0.6 is 9.24 Å². The normalized spacial score (nSPS) is 20.2. The molecule has 3 atom stereocenters. The van der Waals surface area contributed by atoms with E-state index in [1.807, 2.05) is 6.92 Å². The predicted molar refractivity (Wildman–Crippen MR) is 104 cm³/mol. The molecule has 2 nitrogen and oxygen atoms in total. The van der Waals surface area contributed by atoms with Crippen LogP contribution < -0.4 is 5.30 Å². The number of allylic oxidation sites excluding steroid dienone is 1. The monoisotopic (exact) mass is 375 g/mol. The molecule has 1 saturated heterocycles. The van der Waals surface area contributed by atoms with Crippen molar-refractivity contribution in [2.24, 2.45) is 0 Å². The quantitative estimate of drug-likeness (QED) is 0.720. The first-order valence-electron chi connectivity index (χ1n) is 8.75. The molecule has 0 radical (unpaired) electrons. The third-order valence-corrected chi connectivity index (χ3v) is 5.32. The first-order valence-corrected chi connectivity index (χ1v) is 9.33. The van der Waals surface area contributed by atoms with E-state index in [0.29, 0.717) is 12.1 Å². The third-order valence-electron chi connectivity index (χ3n) is 4.93. The van der Waals surface area contributed by atoms with Crippen LogP contribution in [0.4, 0.5) is 8.78 Å². The van der Waals surface area contributed by atoms with Gasteiger partial charge < -0.3 is 9.64 Å².